The van der Waals surface area contributed by atoms with Gasteiger partial charge in [-0.25, -0.2) is 0 Å². The summed E-state index contributed by atoms with van der Waals surface area (Å²) in [7, 11) is -4.12. The van der Waals surface area contributed by atoms with Crippen LogP contribution in [0.3, 0.4) is 0 Å². The molecule has 2 aromatic carbocycles. The number of ketones is 2. The topological polar surface area (TPSA) is 96.0 Å². The van der Waals surface area contributed by atoms with Crippen molar-refractivity contribution in [2.45, 2.75) is 78.0 Å². The van der Waals surface area contributed by atoms with Gasteiger partial charge in [0.2, 0.25) is 0 Å². The lowest BCUT2D eigenvalue weighted by Crippen LogP contribution is -2.37. The third-order valence-electron chi connectivity index (χ3n) is 7.69. The molecule has 7 nitrogen and oxygen atoms in total. The Labute approximate surface area is 236 Å². The molecule has 0 bridgehead atoms. The average molecular weight is 565 g/mol. The first-order valence-electron chi connectivity index (χ1n) is 13.7. The van der Waals surface area contributed by atoms with Crippen LogP contribution in [0.2, 0.25) is 0 Å². The van der Waals surface area contributed by atoms with E-state index in [1.54, 1.807) is 31.2 Å². The van der Waals surface area contributed by atoms with Crippen LogP contribution >= 0.6 is 0 Å². The number of hydrogen-bond acceptors (Lipinski definition) is 7. The van der Waals surface area contributed by atoms with Gasteiger partial charge in [-0.05, 0) is 54.5 Å². The van der Waals surface area contributed by atoms with E-state index in [-0.39, 0.29) is 45.4 Å². The summed E-state index contributed by atoms with van der Waals surface area (Å²) in [6, 6.07) is 11.3. The summed E-state index contributed by atoms with van der Waals surface area (Å²) in [6.07, 6.45) is 1.87. The van der Waals surface area contributed by atoms with Crippen molar-refractivity contribution in [2.24, 2.45) is 10.8 Å². The van der Waals surface area contributed by atoms with Crippen molar-refractivity contribution >= 4 is 21.7 Å². The summed E-state index contributed by atoms with van der Waals surface area (Å²) in [5.41, 5.74) is 2.09. The zero-order valence-corrected chi connectivity index (χ0v) is 24.7. The molecule has 212 valence electrons. The van der Waals surface area contributed by atoms with Gasteiger partial charge in [0.25, 0.3) is 0 Å². The quantitative estimate of drug-likeness (QED) is 0.367. The number of Topliss-reactive ketones (excluding diaryl/α,β-unsaturated/α-hetero) is 2. The maximum atomic E-state index is 13.6. The lowest BCUT2D eigenvalue weighted by atomic mass is 9.65. The van der Waals surface area contributed by atoms with Crippen LogP contribution < -0.4 is 8.92 Å². The van der Waals surface area contributed by atoms with Crippen LogP contribution in [-0.2, 0) is 24.4 Å². The maximum absolute atomic E-state index is 13.6. The number of benzene rings is 2. The Bertz CT molecular complexity index is 1500. The maximum Gasteiger partial charge on any atom is 0.339 e. The Kier molecular flexibility index (Phi) is 6.97. The third-order valence-corrected chi connectivity index (χ3v) is 8.94. The minimum absolute atomic E-state index is 0.0319. The summed E-state index contributed by atoms with van der Waals surface area (Å²) in [5, 5.41) is 0. The molecule has 0 radical (unpaired) electrons. The SMILES string of the molecule is CCOc1cc(C2C3=C(CC(C)(C)CC3=O)OC3=C2C(=O)CC(C)(C)C3)ccc1OS(=O)(=O)c1ccc(C)cc1. The standard InChI is InChI=1S/C32H36O7S/c1-7-37-25-14-20(10-13-24(25)39-40(35,36)21-11-8-19(2)9-12-21)28-29-22(33)15-31(3,4)17-26(29)38-27-18-32(5,6)16-23(34)30(27)28/h8-14,28H,7,15-18H2,1-6H3. The van der Waals surface area contributed by atoms with Gasteiger partial charge in [0.15, 0.2) is 23.1 Å². The number of ether oxygens (including phenoxy) is 2. The number of rotatable bonds is 6. The molecule has 0 atom stereocenters. The van der Waals surface area contributed by atoms with Gasteiger partial charge in [-0.15, -0.1) is 0 Å². The van der Waals surface area contributed by atoms with Gasteiger partial charge in [-0.2, -0.15) is 8.42 Å². The zero-order valence-electron chi connectivity index (χ0n) is 23.9. The van der Waals surface area contributed by atoms with E-state index in [0.717, 1.165) is 5.56 Å². The lowest BCUT2D eigenvalue weighted by Gasteiger charge is -2.42. The molecule has 2 aliphatic carbocycles. The molecule has 0 spiro atoms. The van der Waals surface area contributed by atoms with E-state index < -0.39 is 16.0 Å². The van der Waals surface area contributed by atoms with Gasteiger partial charge >= 0.3 is 10.1 Å². The van der Waals surface area contributed by atoms with Gasteiger partial charge in [0.05, 0.1) is 6.61 Å². The first-order valence-corrected chi connectivity index (χ1v) is 15.1. The normalized spacial score (nSPS) is 20.6. The second kappa shape index (κ2) is 9.91. The Hall–Kier alpha value is -3.39. The minimum Gasteiger partial charge on any atom is -0.490 e. The fourth-order valence-electron chi connectivity index (χ4n) is 5.92. The van der Waals surface area contributed by atoms with Crippen molar-refractivity contribution in [3.05, 3.63) is 76.3 Å². The Morgan fingerprint density at radius 3 is 1.90 bits per heavy atom. The molecule has 3 aliphatic rings. The highest BCUT2D eigenvalue weighted by Gasteiger charge is 2.48. The van der Waals surface area contributed by atoms with Gasteiger partial charge in [-0.3, -0.25) is 9.59 Å². The first kappa shape index (κ1) is 28.1. The molecule has 0 saturated carbocycles. The molecular formula is C32H36O7S. The molecule has 0 unspecified atom stereocenters. The van der Waals surface area contributed by atoms with Crippen LogP contribution in [0.1, 0.15) is 77.3 Å². The Morgan fingerprint density at radius 1 is 0.825 bits per heavy atom. The van der Waals surface area contributed by atoms with Crippen LogP contribution in [0.4, 0.5) is 0 Å². The van der Waals surface area contributed by atoms with Gasteiger partial charge < -0.3 is 13.7 Å². The number of carbonyl (C=O) groups is 2. The van der Waals surface area contributed by atoms with Crippen molar-refractivity contribution in [1.82, 2.24) is 0 Å². The van der Waals surface area contributed by atoms with Crippen molar-refractivity contribution in [3.63, 3.8) is 0 Å². The van der Waals surface area contributed by atoms with E-state index in [9.17, 15) is 18.0 Å². The van der Waals surface area contributed by atoms with Gasteiger partial charge in [0, 0.05) is 42.7 Å². The highest BCUT2D eigenvalue weighted by atomic mass is 32.2. The van der Waals surface area contributed by atoms with Crippen molar-refractivity contribution in [3.8, 4) is 11.5 Å². The second-order valence-corrected chi connectivity index (χ2v) is 14.1. The number of carbonyl (C=O) groups excluding carboxylic acids is 2. The molecule has 0 saturated heterocycles. The molecule has 0 amide bonds. The van der Waals surface area contributed by atoms with Crippen LogP contribution in [0.5, 0.6) is 11.5 Å². The first-order chi connectivity index (χ1) is 18.7. The molecule has 8 heteroatoms. The monoisotopic (exact) mass is 564 g/mol. The fourth-order valence-corrected chi connectivity index (χ4v) is 6.86. The lowest BCUT2D eigenvalue weighted by molar-refractivity contribution is -0.120. The minimum atomic E-state index is -4.12. The van der Waals surface area contributed by atoms with E-state index in [1.165, 1.54) is 18.2 Å². The Morgan fingerprint density at radius 2 is 1.38 bits per heavy atom. The van der Waals surface area contributed by atoms with E-state index in [4.69, 9.17) is 13.7 Å². The van der Waals surface area contributed by atoms with Crippen molar-refractivity contribution in [1.29, 1.82) is 0 Å². The molecule has 40 heavy (non-hydrogen) atoms. The predicted octanol–water partition coefficient (Wildman–Crippen LogP) is 6.56. The third kappa shape index (κ3) is 5.33. The largest absolute Gasteiger partial charge is 0.490 e. The van der Waals surface area contributed by atoms with Gasteiger partial charge in [0.1, 0.15) is 16.4 Å². The molecule has 0 aromatic heterocycles. The van der Waals surface area contributed by atoms with Crippen LogP contribution in [0.15, 0.2) is 70.0 Å². The fraction of sp³-hybridized carbons (Fsp3) is 0.438. The van der Waals surface area contributed by atoms with E-state index in [1.807, 2.05) is 34.6 Å². The van der Waals surface area contributed by atoms with E-state index >= 15 is 0 Å². The zero-order chi connectivity index (χ0) is 29.0. The van der Waals surface area contributed by atoms with Crippen LogP contribution in [0.25, 0.3) is 0 Å². The summed E-state index contributed by atoms with van der Waals surface area (Å²) >= 11 is 0. The summed E-state index contributed by atoms with van der Waals surface area (Å²) in [6.45, 7) is 12.1. The summed E-state index contributed by atoms with van der Waals surface area (Å²) in [4.78, 5) is 27.2. The highest BCUT2D eigenvalue weighted by molar-refractivity contribution is 7.87. The predicted molar refractivity (Wildman–Crippen MR) is 151 cm³/mol. The van der Waals surface area contributed by atoms with E-state index in [2.05, 4.69) is 0 Å². The number of hydrogen-bond donors (Lipinski definition) is 0. The van der Waals surface area contributed by atoms with Crippen molar-refractivity contribution < 1.29 is 31.7 Å². The van der Waals surface area contributed by atoms with Crippen LogP contribution in [-0.4, -0.2) is 26.6 Å². The Balaban J connectivity index is 1.61. The average Bonchev–Trinajstić information content (AvgIpc) is 2.82. The molecule has 0 fully saturated rings. The van der Waals surface area contributed by atoms with Gasteiger partial charge in [-0.1, -0.05) is 51.5 Å². The van der Waals surface area contributed by atoms with Crippen molar-refractivity contribution in [2.75, 3.05) is 6.61 Å². The molecule has 1 aliphatic heterocycles. The molecule has 0 N–H and O–H groups in total. The number of allylic oxidation sites excluding steroid dienone is 4. The second-order valence-electron chi connectivity index (χ2n) is 12.6. The van der Waals surface area contributed by atoms with E-state index in [0.29, 0.717) is 53.9 Å². The highest BCUT2D eigenvalue weighted by Crippen LogP contribution is 2.53. The van der Waals surface area contributed by atoms with Crippen LogP contribution in [0, 0.1) is 17.8 Å². The molecular weight excluding hydrogens is 528 g/mol. The smallest absolute Gasteiger partial charge is 0.339 e. The molecule has 1 heterocycles. The number of aryl methyl sites for hydroxylation is 1. The summed E-state index contributed by atoms with van der Waals surface area (Å²) < 4.78 is 43.8. The molecule has 5 rings (SSSR count). The summed E-state index contributed by atoms with van der Waals surface area (Å²) in [5.74, 6) is 0.799. The molecule has 2 aromatic rings.